The first kappa shape index (κ1) is 19.3. The molecule has 1 aliphatic rings. The Morgan fingerprint density at radius 1 is 1.10 bits per heavy atom. The van der Waals surface area contributed by atoms with Gasteiger partial charge in [0.15, 0.2) is 17.3 Å². The van der Waals surface area contributed by atoms with E-state index in [-0.39, 0.29) is 22.2 Å². The van der Waals surface area contributed by atoms with Crippen LogP contribution in [0, 0.1) is 13.8 Å². The number of nitrogens with zero attached hydrogens (tertiary/aromatic N) is 2. The zero-order chi connectivity index (χ0) is 20.9. The SMILES string of the molecule is Cc1cc(N2C(=O)C(O)=C(C(=O)c3ccc(C)o3)[C@H]2c2ccc(Cl)c(Cl)c2)no1. The normalized spacial score (nSPS) is 16.8. The number of aliphatic hydroxyl groups excluding tert-OH is 1. The van der Waals surface area contributed by atoms with Gasteiger partial charge < -0.3 is 14.0 Å². The molecule has 1 aromatic carbocycles. The predicted molar refractivity (Wildman–Crippen MR) is 105 cm³/mol. The molecule has 0 aliphatic carbocycles. The molecular weight excluding hydrogens is 419 g/mol. The van der Waals surface area contributed by atoms with Crippen LogP contribution in [-0.4, -0.2) is 22.0 Å². The zero-order valence-electron chi connectivity index (χ0n) is 15.3. The van der Waals surface area contributed by atoms with Gasteiger partial charge in [0.1, 0.15) is 11.5 Å². The van der Waals surface area contributed by atoms with E-state index in [0.29, 0.717) is 22.1 Å². The summed E-state index contributed by atoms with van der Waals surface area (Å²) >= 11 is 12.2. The van der Waals surface area contributed by atoms with E-state index in [1.54, 1.807) is 32.0 Å². The van der Waals surface area contributed by atoms with Crippen molar-refractivity contribution in [1.29, 1.82) is 0 Å². The first-order chi connectivity index (χ1) is 13.8. The number of anilines is 1. The van der Waals surface area contributed by atoms with Crippen molar-refractivity contribution in [1.82, 2.24) is 5.16 Å². The summed E-state index contributed by atoms with van der Waals surface area (Å²) in [5.74, 6) is -0.979. The number of benzene rings is 1. The van der Waals surface area contributed by atoms with Gasteiger partial charge in [-0.1, -0.05) is 34.4 Å². The van der Waals surface area contributed by atoms with Crippen LogP contribution >= 0.6 is 23.2 Å². The van der Waals surface area contributed by atoms with Crippen LogP contribution in [0.5, 0.6) is 0 Å². The molecule has 7 nitrogen and oxygen atoms in total. The number of amides is 1. The second kappa shape index (κ2) is 7.09. The number of ketones is 1. The Hall–Kier alpha value is -3.03. The van der Waals surface area contributed by atoms with Crippen molar-refractivity contribution in [2.75, 3.05) is 4.90 Å². The van der Waals surface area contributed by atoms with Crippen LogP contribution in [0.1, 0.15) is 33.7 Å². The van der Waals surface area contributed by atoms with Gasteiger partial charge in [0, 0.05) is 6.07 Å². The standard InChI is InChI=1S/C20H14Cl2N2O5/c1-9-3-6-14(28-9)18(25)16-17(11-4-5-12(21)13(22)8-11)24(20(27)19(16)26)15-7-10(2)29-23-15/h3-8,17,26H,1-2H3/t17-/m1/s1. The van der Waals surface area contributed by atoms with Crippen molar-refractivity contribution >= 4 is 40.7 Å². The maximum Gasteiger partial charge on any atom is 0.295 e. The third kappa shape index (κ3) is 3.22. The fraction of sp³-hybridized carbons (Fsp3) is 0.150. The summed E-state index contributed by atoms with van der Waals surface area (Å²) in [5.41, 5.74) is 0.312. The highest BCUT2D eigenvalue weighted by atomic mass is 35.5. The molecule has 3 heterocycles. The summed E-state index contributed by atoms with van der Waals surface area (Å²) < 4.78 is 10.5. The largest absolute Gasteiger partial charge is 0.503 e. The van der Waals surface area contributed by atoms with Gasteiger partial charge >= 0.3 is 0 Å². The van der Waals surface area contributed by atoms with Gasteiger partial charge in [0.25, 0.3) is 5.91 Å². The molecule has 1 atom stereocenters. The predicted octanol–water partition coefficient (Wildman–Crippen LogP) is 4.97. The van der Waals surface area contributed by atoms with Crippen LogP contribution in [0.4, 0.5) is 5.82 Å². The van der Waals surface area contributed by atoms with E-state index in [0.717, 1.165) is 0 Å². The molecule has 29 heavy (non-hydrogen) atoms. The van der Waals surface area contributed by atoms with Gasteiger partial charge in [-0.05, 0) is 43.7 Å². The van der Waals surface area contributed by atoms with Crippen molar-refractivity contribution < 1.29 is 23.6 Å². The van der Waals surface area contributed by atoms with E-state index in [2.05, 4.69) is 5.16 Å². The molecule has 1 N–H and O–H groups in total. The monoisotopic (exact) mass is 432 g/mol. The second-order valence-electron chi connectivity index (χ2n) is 6.55. The Kier molecular flexibility index (Phi) is 4.72. The highest BCUT2D eigenvalue weighted by molar-refractivity contribution is 6.42. The number of rotatable bonds is 4. The lowest BCUT2D eigenvalue weighted by atomic mass is 9.95. The molecule has 0 unspecified atom stereocenters. The number of hydrogen-bond donors (Lipinski definition) is 1. The summed E-state index contributed by atoms with van der Waals surface area (Å²) in [6.07, 6.45) is 0. The number of furan rings is 1. The van der Waals surface area contributed by atoms with Crippen LogP contribution < -0.4 is 4.90 Å². The summed E-state index contributed by atoms with van der Waals surface area (Å²) in [6, 6.07) is 8.32. The van der Waals surface area contributed by atoms with E-state index in [4.69, 9.17) is 32.1 Å². The van der Waals surface area contributed by atoms with Gasteiger partial charge in [0.05, 0.1) is 21.7 Å². The van der Waals surface area contributed by atoms with Crippen LogP contribution in [0.25, 0.3) is 0 Å². The van der Waals surface area contributed by atoms with E-state index in [9.17, 15) is 14.7 Å². The minimum Gasteiger partial charge on any atom is -0.503 e. The molecule has 4 rings (SSSR count). The fourth-order valence-electron chi connectivity index (χ4n) is 3.23. The van der Waals surface area contributed by atoms with E-state index in [1.807, 2.05) is 0 Å². The second-order valence-corrected chi connectivity index (χ2v) is 7.36. The summed E-state index contributed by atoms with van der Waals surface area (Å²) in [4.78, 5) is 27.2. The maximum atomic E-state index is 13.1. The maximum absolute atomic E-state index is 13.1. The van der Waals surface area contributed by atoms with Gasteiger partial charge in [-0.25, -0.2) is 0 Å². The summed E-state index contributed by atoms with van der Waals surface area (Å²) in [5, 5.41) is 15.0. The van der Waals surface area contributed by atoms with Gasteiger partial charge in [-0.15, -0.1) is 0 Å². The van der Waals surface area contributed by atoms with Gasteiger partial charge in [-0.2, -0.15) is 0 Å². The average Bonchev–Trinajstić information content (AvgIpc) is 3.36. The highest BCUT2D eigenvalue weighted by Gasteiger charge is 2.46. The summed E-state index contributed by atoms with van der Waals surface area (Å²) in [6.45, 7) is 3.35. The van der Waals surface area contributed by atoms with Gasteiger partial charge in [-0.3, -0.25) is 14.5 Å². The van der Waals surface area contributed by atoms with Crippen LogP contribution in [0.2, 0.25) is 10.0 Å². The first-order valence-electron chi connectivity index (χ1n) is 8.54. The van der Waals surface area contributed by atoms with Gasteiger partial charge in [0.2, 0.25) is 5.78 Å². The van der Waals surface area contributed by atoms with Crippen molar-refractivity contribution in [3.8, 4) is 0 Å². The number of hydrogen-bond acceptors (Lipinski definition) is 6. The lowest BCUT2D eigenvalue weighted by Gasteiger charge is -2.24. The van der Waals surface area contributed by atoms with Crippen molar-refractivity contribution in [3.63, 3.8) is 0 Å². The molecule has 0 bridgehead atoms. The minimum absolute atomic E-state index is 0.0000869. The number of halogens is 2. The third-order valence-corrected chi connectivity index (χ3v) is 5.28. The van der Waals surface area contributed by atoms with Crippen molar-refractivity contribution in [2.45, 2.75) is 19.9 Å². The molecular formula is C20H14Cl2N2O5. The highest BCUT2D eigenvalue weighted by Crippen LogP contribution is 2.42. The van der Waals surface area contributed by atoms with E-state index >= 15 is 0 Å². The molecule has 0 radical (unpaired) electrons. The van der Waals surface area contributed by atoms with E-state index < -0.39 is 23.5 Å². The number of aryl methyl sites for hydroxylation is 2. The van der Waals surface area contributed by atoms with E-state index in [1.165, 1.54) is 23.1 Å². The molecule has 2 aromatic heterocycles. The lowest BCUT2D eigenvalue weighted by molar-refractivity contribution is -0.117. The number of aliphatic hydroxyl groups is 1. The average molecular weight is 433 g/mol. The van der Waals surface area contributed by atoms with Crippen LogP contribution in [0.3, 0.4) is 0 Å². The Labute approximate surface area is 175 Å². The molecule has 148 valence electrons. The molecule has 0 fully saturated rings. The van der Waals surface area contributed by atoms with Crippen LogP contribution in [0.15, 0.2) is 56.7 Å². The molecule has 1 amide bonds. The van der Waals surface area contributed by atoms with Crippen molar-refractivity contribution in [3.05, 3.63) is 80.6 Å². The molecule has 0 saturated carbocycles. The Balaban J connectivity index is 1.90. The Morgan fingerprint density at radius 2 is 1.86 bits per heavy atom. The first-order valence-corrected chi connectivity index (χ1v) is 9.29. The molecule has 0 spiro atoms. The lowest BCUT2D eigenvalue weighted by Crippen LogP contribution is -2.31. The molecule has 9 heteroatoms. The fourth-order valence-corrected chi connectivity index (χ4v) is 3.53. The number of carbonyl (C=O) groups is 2. The number of aromatic nitrogens is 1. The third-order valence-electron chi connectivity index (χ3n) is 4.54. The Morgan fingerprint density at radius 3 is 2.45 bits per heavy atom. The number of Topliss-reactive ketones (excluding diaryl/α,β-unsaturated/α-hetero) is 1. The minimum atomic E-state index is -1.00. The molecule has 1 aliphatic heterocycles. The topological polar surface area (TPSA) is 96.8 Å². The molecule has 3 aromatic rings. The van der Waals surface area contributed by atoms with Crippen molar-refractivity contribution in [2.24, 2.45) is 0 Å². The van der Waals surface area contributed by atoms with Crippen LogP contribution in [-0.2, 0) is 4.79 Å². The smallest absolute Gasteiger partial charge is 0.295 e. The number of carbonyl (C=O) groups excluding carboxylic acids is 2. The zero-order valence-corrected chi connectivity index (χ0v) is 16.8. The molecule has 0 saturated heterocycles. The quantitative estimate of drug-likeness (QED) is 0.584. The summed E-state index contributed by atoms with van der Waals surface area (Å²) in [7, 11) is 0. The Bertz CT molecular complexity index is 1180.